The molecule has 1 aromatic carbocycles. The highest BCUT2D eigenvalue weighted by Gasteiger charge is 2.27. The molecule has 6 nitrogen and oxygen atoms in total. The van der Waals surface area contributed by atoms with Crippen LogP contribution in [0.4, 0.5) is 11.6 Å². The zero-order valence-electron chi connectivity index (χ0n) is 17.0. The van der Waals surface area contributed by atoms with Gasteiger partial charge in [-0.05, 0) is 54.9 Å². The van der Waals surface area contributed by atoms with E-state index in [4.69, 9.17) is 9.97 Å². The lowest BCUT2D eigenvalue weighted by Gasteiger charge is -2.31. The second kappa shape index (κ2) is 8.40. The summed E-state index contributed by atoms with van der Waals surface area (Å²) in [5, 5.41) is 13.0. The molecule has 0 bridgehead atoms. The Morgan fingerprint density at radius 3 is 2.37 bits per heavy atom. The van der Waals surface area contributed by atoms with E-state index >= 15 is 0 Å². The van der Waals surface area contributed by atoms with Crippen molar-refractivity contribution in [2.24, 2.45) is 5.92 Å². The predicted octanol–water partition coefficient (Wildman–Crippen LogP) is 3.33. The molecule has 1 fully saturated rings. The van der Waals surface area contributed by atoms with Gasteiger partial charge >= 0.3 is 0 Å². The van der Waals surface area contributed by atoms with E-state index in [0.717, 1.165) is 62.6 Å². The molecule has 0 radical (unpaired) electrons. The molecule has 6 heteroatoms. The van der Waals surface area contributed by atoms with Crippen LogP contribution in [-0.4, -0.2) is 45.8 Å². The Balaban J connectivity index is 1.41. The largest absolute Gasteiger partial charge is 0.393 e. The number of aliphatic hydroxyl groups is 1. The van der Waals surface area contributed by atoms with Gasteiger partial charge in [-0.25, -0.2) is 9.97 Å². The minimum absolute atomic E-state index is 0.138. The number of nitrogens with one attached hydrogen (secondary N) is 1. The van der Waals surface area contributed by atoms with E-state index in [-0.39, 0.29) is 6.10 Å². The lowest BCUT2D eigenvalue weighted by molar-refractivity contribution is 0.0486. The number of hydrogen-bond acceptors (Lipinski definition) is 6. The van der Waals surface area contributed by atoms with Gasteiger partial charge < -0.3 is 15.3 Å². The number of fused-ring (bicyclic) bond motifs is 1. The van der Waals surface area contributed by atoms with Crippen LogP contribution in [0.3, 0.4) is 0 Å². The smallest absolute Gasteiger partial charge is 0.182 e. The van der Waals surface area contributed by atoms with E-state index in [1.165, 1.54) is 11.1 Å². The second-order valence-electron chi connectivity index (χ2n) is 8.28. The molecule has 2 aromatic heterocycles. The van der Waals surface area contributed by atoms with Crippen molar-refractivity contribution < 1.29 is 5.11 Å². The fraction of sp³-hybridized carbons (Fsp3) is 0.375. The minimum Gasteiger partial charge on any atom is -0.393 e. The maximum Gasteiger partial charge on any atom is 0.182 e. The van der Waals surface area contributed by atoms with Crippen molar-refractivity contribution in [1.82, 2.24) is 15.0 Å². The van der Waals surface area contributed by atoms with Gasteiger partial charge in [-0.1, -0.05) is 30.3 Å². The molecule has 1 aliphatic carbocycles. The monoisotopic (exact) mass is 401 g/mol. The van der Waals surface area contributed by atoms with Crippen LogP contribution in [0, 0.1) is 5.92 Å². The molecule has 2 N–H and O–H groups in total. The zero-order chi connectivity index (χ0) is 20.3. The van der Waals surface area contributed by atoms with Crippen LogP contribution in [0.15, 0.2) is 54.7 Å². The maximum atomic E-state index is 9.56. The SMILES string of the molecule is O[C@H]1C[C@@H](CNc2cc(N3CCc4ccccc4CC3)nc(-c3ccccn3)n2)C1. The number of pyridine rings is 1. The number of aliphatic hydroxyl groups excluding tert-OH is 1. The van der Waals surface area contributed by atoms with Crippen LogP contribution in [0.5, 0.6) is 0 Å². The first-order valence-electron chi connectivity index (χ1n) is 10.8. The molecule has 0 atom stereocenters. The number of benzene rings is 1. The average molecular weight is 402 g/mol. The van der Waals surface area contributed by atoms with Crippen molar-refractivity contribution in [1.29, 1.82) is 0 Å². The average Bonchev–Trinajstić information content (AvgIpc) is 2.99. The molecule has 154 valence electrons. The number of aromatic nitrogens is 3. The predicted molar refractivity (Wildman–Crippen MR) is 119 cm³/mol. The van der Waals surface area contributed by atoms with Crippen molar-refractivity contribution in [3.63, 3.8) is 0 Å². The first-order valence-corrected chi connectivity index (χ1v) is 10.8. The molecule has 0 spiro atoms. The lowest BCUT2D eigenvalue weighted by atomic mass is 9.82. The van der Waals surface area contributed by atoms with Gasteiger partial charge in [0.1, 0.15) is 17.3 Å². The van der Waals surface area contributed by atoms with Crippen molar-refractivity contribution in [3.8, 4) is 11.5 Å². The summed E-state index contributed by atoms with van der Waals surface area (Å²) in [5.74, 6) is 2.91. The Hall–Kier alpha value is -2.99. The van der Waals surface area contributed by atoms with Gasteiger partial charge in [0.15, 0.2) is 5.82 Å². The van der Waals surface area contributed by atoms with Gasteiger partial charge in [-0.15, -0.1) is 0 Å². The third-order valence-electron chi connectivity index (χ3n) is 6.13. The van der Waals surface area contributed by atoms with Crippen molar-refractivity contribution in [2.75, 3.05) is 29.9 Å². The topological polar surface area (TPSA) is 74.2 Å². The molecule has 1 aliphatic heterocycles. The summed E-state index contributed by atoms with van der Waals surface area (Å²) >= 11 is 0. The van der Waals surface area contributed by atoms with E-state index in [1.807, 2.05) is 18.2 Å². The summed E-state index contributed by atoms with van der Waals surface area (Å²) in [4.78, 5) is 16.4. The molecule has 2 aliphatic rings. The quantitative estimate of drug-likeness (QED) is 0.683. The van der Waals surface area contributed by atoms with E-state index in [9.17, 15) is 5.11 Å². The third kappa shape index (κ3) is 4.14. The standard InChI is InChI=1S/C24H27N5O/c30-20-13-17(14-20)16-26-22-15-23(28-24(27-22)21-7-3-4-10-25-21)29-11-8-18-5-1-2-6-19(18)9-12-29/h1-7,10,15,17,20,30H,8-9,11-14,16H2,(H,26,27,28)/t17-,20+. The number of rotatable bonds is 5. The molecule has 0 amide bonds. The van der Waals surface area contributed by atoms with Crippen LogP contribution in [0.2, 0.25) is 0 Å². The number of anilines is 2. The van der Waals surface area contributed by atoms with E-state index < -0.39 is 0 Å². The molecule has 3 heterocycles. The van der Waals surface area contributed by atoms with Crippen LogP contribution >= 0.6 is 0 Å². The summed E-state index contributed by atoms with van der Waals surface area (Å²) in [7, 11) is 0. The molecule has 3 aromatic rings. The van der Waals surface area contributed by atoms with Gasteiger partial charge in [-0.2, -0.15) is 0 Å². The molecule has 30 heavy (non-hydrogen) atoms. The van der Waals surface area contributed by atoms with Crippen molar-refractivity contribution in [3.05, 3.63) is 65.9 Å². The van der Waals surface area contributed by atoms with Gasteiger partial charge in [0.05, 0.1) is 6.10 Å². The maximum absolute atomic E-state index is 9.56. The van der Waals surface area contributed by atoms with Gasteiger partial charge in [-0.3, -0.25) is 4.98 Å². The number of hydrogen-bond donors (Lipinski definition) is 2. The molecule has 1 saturated carbocycles. The fourth-order valence-electron chi connectivity index (χ4n) is 4.31. The summed E-state index contributed by atoms with van der Waals surface area (Å²) in [6.07, 6.45) is 5.39. The second-order valence-corrected chi connectivity index (χ2v) is 8.28. The van der Waals surface area contributed by atoms with Crippen molar-refractivity contribution in [2.45, 2.75) is 31.8 Å². The Labute approximate surface area is 177 Å². The summed E-state index contributed by atoms with van der Waals surface area (Å²) in [6.45, 7) is 2.69. The van der Waals surface area contributed by atoms with Gasteiger partial charge in [0.2, 0.25) is 0 Å². The van der Waals surface area contributed by atoms with Crippen LogP contribution < -0.4 is 10.2 Å². The highest BCUT2D eigenvalue weighted by atomic mass is 16.3. The Morgan fingerprint density at radius 2 is 1.70 bits per heavy atom. The zero-order valence-corrected chi connectivity index (χ0v) is 17.0. The van der Waals surface area contributed by atoms with Crippen molar-refractivity contribution >= 4 is 11.6 Å². The Kier molecular flexibility index (Phi) is 5.32. The third-order valence-corrected chi connectivity index (χ3v) is 6.13. The first-order chi connectivity index (χ1) is 14.7. The molecular formula is C24H27N5O. The highest BCUT2D eigenvalue weighted by Crippen LogP contribution is 2.28. The normalized spacial score (nSPS) is 20.8. The summed E-state index contributed by atoms with van der Waals surface area (Å²) in [5.41, 5.74) is 3.64. The lowest BCUT2D eigenvalue weighted by Crippen LogP contribution is -2.33. The van der Waals surface area contributed by atoms with E-state index in [1.54, 1.807) is 6.20 Å². The van der Waals surface area contributed by atoms with E-state index in [0.29, 0.717) is 11.7 Å². The minimum atomic E-state index is -0.138. The fourth-order valence-corrected chi connectivity index (χ4v) is 4.31. The first kappa shape index (κ1) is 19.0. The molecule has 0 saturated heterocycles. The highest BCUT2D eigenvalue weighted by molar-refractivity contribution is 5.59. The van der Waals surface area contributed by atoms with Crippen LogP contribution in [0.1, 0.15) is 24.0 Å². The van der Waals surface area contributed by atoms with Gasteiger partial charge in [0.25, 0.3) is 0 Å². The molecular weight excluding hydrogens is 374 g/mol. The summed E-state index contributed by atoms with van der Waals surface area (Å²) < 4.78 is 0. The molecule has 5 rings (SSSR count). The Morgan fingerprint density at radius 1 is 0.967 bits per heavy atom. The molecule has 0 unspecified atom stereocenters. The van der Waals surface area contributed by atoms with E-state index in [2.05, 4.69) is 45.5 Å². The van der Waals surface area contributed by atoms with Crippen LogP contribution in [0.25, 0.3) is 11.5 Å². The van der Waals surface area contributed by atoms with Crippen LogP contribution in [-0.2, 0) is 12.8 Å². The van der Waals surface area contributed by atoms with Gasteiger partial charge in [0, 0.05) is 31.9 Å². The Bertz CT molecular complexity index is 976. The summed E-state index contributed by atoms with van der Waals surface area (Å²) in [6, 6.07) is 16.6. The number of nitrogens with zero attached hydrogens (tertiary/aromatic N) is 4.